The van der Waals surface area contributed by atoms with E-state index in [-0.39, 0.29) is 23.6 Å². The maximum atomic E-state index is 12.2. The monoisotopic (exact) mass is 494 g/mol. The van der Waals surface area contributed by atoms with Crippen molar-refractivity contribution in [3.8, 4) is 0 Å². The molecule has 0 aliphatic heterocycles. The number of hydrogen-bond acceptors (Lipinski definition) is 4. The molecule has 0 radical (unpaired) electrons. The Morgan fingerprint density at radius 1 is 0.611 bits per heavy atom. The third kappa shape index (κ3) is 9.90. The van der Waals surface area contributed by atoms with Crippen LogP contribution in [0.3, 0.4) is 0 Å². The smallest absolute Gasteiger partial charge is 0.224 e. The third-order valence-corrected chi connectivity index (χ3v) is 6.04. The van der Waals surface area contributed by atoms with Gasteiger partial charge in [0.25, 0.3) is 0 Å². The van der Waals surface area contributed by atoms with E-state index in [0.29, 0.717) is 24.2 Å². The highest BCUT2D eigenvalue weighted by molar-refractivity contribution is 5.95. The fourth-order valence-corrected chi connectivity index (χ4v) is 3.67. The van der Waals surface area contributed by atoms with Crippen LogP contribution in [0.15, 0.2) is 48.5 Å². The predicted molar refractivity (Wildman–Crippen MR) is 145 cm³/mol. The number of anilines is 4. The van der Waals surface area contributed by atoms with E-state index in [2.05, 4.69) is 10.6 Å². The van der Waals surface area contributed by atoms with E-state index in [1.807, 2.05) is 36.4 Å². The molecule has 0 unspecified atom stereocenters. The van der Waals surface area contributed by atoms with E-state index in [1.165, 1.54) is 23.6 Å². The van der Waals surface area contributed by atoms with Gasteiger partial charge in [0.1, 0.15) is 0 Å². The molecule has 0 aliphatic carbocycles. The summed E-state index contributed by atoms with van der Waals surface area (Å²) in [4.78, 5) is 50.5. The number of carbonyl (C=O) groups is 4. The fraction of sp³-hybridized carbons (Fsp3) is 0.429. The third-order valence-electron chi connectivity index (χ3n) is 6.04. The van der Waals surface area contributed by atoms with Gasteiger partial charge in [0, 0.05) is 63.5 Å². The van der Waals surface area contributed by atoms with Crippen molar-refractivity contribution in [2.75, 3.05) is 34.5 Å². The first-order chi connectivity index (χ1) is 17.2. The summed E-state index contributed by atoms with van der Waals surface area (Å²) in [6.45, 7) is 2.99. The molecule has 0 atom stereocenters. The zero-order chi connectivity index (χ0) is 26.5. The Balaban J connectivity index is 1.57. The molecular weight excluding hydrogens is 456 g/mol. The maximum absolute atomic E-state index is 12.2. The molecule has 0 heterocycles. The number of amides is 4. The SMILES string of the molecule is CC(=O)N(C)c1cccc(NC(=O)CCCCCCCCC(=O)Nc2cccc(N(C)C(C)=O)c2)c1. The Morgan fingerprint density at radius 3 is 1.33 bits per heavy atom. The molecule has 36 heavy (non-hydrogen) atoms. The zero-order valence-electron chi connectivity index (χ0n) is 21.8. The molecule has 4 amide bonds. The number of hydrogen-bond donors (Lipinski definition) is 2. The molecule has 2 N–H and O–H groups in total. The second-order valence-electron chi connectivity index (χ2n) is 8.97. The van der Waals surface area contributed by atoms with Crippen LogP contribution < -0.4 is 20.4 Å². The maximum Gasteiger partial charge on any atom is 0.224 e. The normalized spacial score (nSPS) is 10.4. The Kier molecular flexibility index (Phi) is 11.6. The lowest BCUT2D eigenvalue weighted by Crippen LogP contribution is -2.23. The highest BCUT2D eigenvalue weighted by atomic mass is 16.2. The first-order valence-electron chi connectivity index (χ1n) is 12.5. The van der Waals surface area contributed by atoms with Gasteiger partial charge in [-0.3, -0.25) is 19.2 Å². The summed E-state index contributed by atoms with van der Waals surface area (Å²) in [6, 6.07) is 14.5. The standard InChI is InChI=1S/C28H38N4O4/c1-21(33)31(3)25-15-11-13-23(19-25)29-27(35)17-9-7-5-6-8-10-18-28(36)30-24-14-12-16-26(20-24)32(4)22(2)34/h11-16,19-20H,5-10,17-18H2,1-4H3,(H,29,35)(H,30,36). The average Bonchev–Trinajstić information content (AvgIpc) is 2.84. The molecule has 2 aromatic carbocycles. The van der Waals surface area contributed by atoms with Gasteiger partial charge in [-0.05, 0) is 49.2 Å². The molecule has 2 rings (SSSR count). The van der Waals surface area contributed by atoms with Gasteiger partial charge in [-0.15, -0.1) is 0 Å². The highest BCUT2D eigenvalue weighted by Crippen LogP contribution is 2.20. The van der Waals surface area contributed by atoms with E-state index in [4.69, 9.17) is 0 Å². The minimum atomic E-state index is -0.0666. The number of unbranched alkanes of at least 4 members (excludes halogenated alkanes) is 5. The van der Waals surface area contributed by atoms with Gasteiger partial charge in [-0.1, -0.05) is 37.8 Å². The summed E-state index contributed by atoms with van der Waals surface area (Å²) < 4.78 is 0. The van der Waals surface area contributed by atoms with Crippen LogP contribution in [0.25, 0.3) is 0 Å². The van der Waals surface area contributed by atoms with Crippen molar-refractivity contribution in [1.82, 2.24) is 0 Å². The van der Waals surface area contributed by atoms with Crippen LogP contribution >= 0.6 is 0 Å². The zero-order valence-corrected chi connectivity index (χ0v) is 21.8. The topological polar surface area (TPSA) is 98.8 Å². The molecule has 2 aromatic rings. The van der Waals surface area contributed by atoms with Crippen LogP contribution in [0.4, 0.5) is 22.7 Å². The molecule has 0 saturated carbocycles. The van der Waals surface area contributed by atoms with Gasteiger partial charge < -0.3 is 20.4 Å². The summed E-state index contributed by atoms with van der Waals surface area (Å²) in [7, 11) is 3.40. The second kappa shape index (κ2) is 14.7. The Bertz CT molecular complexity index is 970. The Morgan fingerprint density at radius 2 is 0.972 bits per heavy atom. The predicted octanol–water partition coefficient (Wildman–Crippen LogP) is 5.35. The lowest BCUT2D eigenvalue weighted by molar-refractivity contribution is -0.117. The van der Waals surface area contributed by atoms with Crippen molar-refractivity contribution in [3.63, 3.8) is 0 Å². The van der Waals surface area contributed by atoms with E-state index < -0.39 is 0 Å². The Hall–Kier alpha value is -3.68. The number of benzene rings is 2. The lowest BCUT2D eigenvalue weighted by Gasteiger charge is -2.16. The van der Waals surface area contributed by atoms with E-state index >= 15 is 0 Å². The first kappa shape index (κ1) is 28.6. The number of nitrogens with one attached hydrogen (secondary N) is 2. The number of rotatable bonds is 13. The molecule has 0 saturated heterocycles. The summed E-state index contributed by atoms with van der Waals surface area (Å²) in [5.74, 6) is -0.202. The lowest BCUT2D eigenvalue weighted by atomic mass is 10.1. The summed E-state index contributed by atoms with van der Waals surface area (Å²) >= 11 is 0. The van der Waals surface area contributed by atoms with Gasteiger partial charge in [0.15, 0.2) is 0 Å². The van der Waals surface area contributed by atoms with E-state index in [9.17, 15) is 19.2 Å². The highest BCUT2D eigenvalue weighted by Gasteiger charge is 2.09. The van der Waals surface area contributed by atoms with Crippen molar-refractivity contribution in [2.24, 2.45) is 0 Å². The van der Waals surface area contributed by atoms with Gasteiger partial charge in [0.05, 0.1) is 0 Å². The van der Waals surface area contributed by atoms with Crippen molar-refractivity contribution in [1.29, 1.82) is 0 Å². The molecule has 0 bridgehead atoms. The van der Waals surface area contributed by atoms with Gasteiger partial charge in [-0.25, -0.2) is 0 Å². The quantitative estimate of drug-likeness (QED) is 0.367. The van der Waals surface area contributed by atoms with Gasteiger partial charge >= 0.3 is 0 Å². The van der Waals surface area contributed by atoms with E-state index in [0.717, 1.165) is 49.9 Å². The summed E-state index contributed by atoms with van der Waals surface area (Å²) in [5.41, 5.74) is 2.84. The molecule has 0 spiro atoms. The van der Waals surface area contributed by atoms with Crippen LogP contribution in [-0.2, 0) is 19.2 Å². The van der Waals surface area contributed by atoms with Crippen LogP contribution in [-0.4, -0.2) is 37.7 Å². The molecular formula is C28H38N4O4. The summed E-state index contributed by atoms with van der Waals surface area (Å²) in [6.07, 6.45) is 6.49. The molecule has 0 aromatic heterocycles. The summed E-state index contributed by atoms with van der Waals surface area (Å²) in [5, 5.41) is 5.79. The average molecular weight is 495 g/mol. The van der Waals surface area contributed by atoms with Crippen molar-refractivity contribution < 1.29 is 19.2 Å². The molecule has 0 aliphatic rings. The first-order valence-corrected chi connectivity index (χ1v) is 12.5. The minimum absolute atomic E-state index is 0.0344. The largest absolute Gasteiger partial charge is 0.326 e. The van der Waals surface area contributed by atoms with Crippen molar-refractivity contribution >= 4 is 46.4 Å². The van der Waals surface area contributed by atoms with Gasteiger partial charge in [-0.2, -0.15) is 0 Å². The van der Waals surface area contributed by atoms with Crippen molar-refractivity contribution in [3.05, 3.63) is 48.5 Å². The molecule has 8 nitrogen and oxygen atoms in total. The fourth-order valence-electron chi connectivity index (χ4n) is 3.67. The Labute approximate surface area is 214 Å². The van der Waals surface area contributed by atoms with Crippen LogP contribution in [0, 0.1) is 0 Å². The van der Waals surface area contributed by atoms with Crippen LogP contribution in [0.5, 0.6) is 0 Å². The molecule has 0 fully saturated rings. The van der Waals surface area contributed by atoms with Gasteiger partial charge in [0.2, 0.25) is 23.6 Å². The van der Waals surface area contributed by atoms with Crippen LogP contribution in [0.2, 0.25) is 0 Å². The number of carbonyl (C=O) groups excluding carboxylic acids is 4. The second-order valence-corrected chi connectivity index (χ2v) is 8.97. The van der Waals surface area contributed by atoms with Crippen LogP contribution in [0.1, 0.15) is 65.2 Å². The molecule has 194 valence electrons. The van der Waals surface area contributed by atoms with Crippen molar-refractivity contribution in [2.45, 2.75) is 65.2 Å². The molecule has 8 heteroatoms. The number of nitrogens with zero attached hydrogens (tertiary/aromatic N) is 2. The van der Waals surface area contributed by atoms with E-state index in [1.54, 1.807) is 26.2 Å². The minimum Gasteiger partial charge on any atom is -0.326 e.